The fraction of sp³-hybridized carbons (Fsp3) is 0.455. The van der Waals surface area contributed by atoms with Gasteiger partial charge in [-0.1, -0.05) is 81.4 Å². The second-order valence-corrected chi connectivity index (χ2v) is 12.7. The number of aliphatic hydroxyl groups excluding tert-OH is 2. The number of rotatable bonds is 7. The molecule has 2 aromatic carbocycles. The highest BCUT2D eigenvalue weighted by Gasteiger charge is 2.61. The Morgan fingerprint density at radius 2 is 1.41 bits per heavy atom. The molecule has 2 aromatic rings. The van der Waals surface area contributed by atoms with Crippen LogP contribution in [0.2, 0.25) is 5.04 Å². The highest BCUT2D eigenvalue weighted by molar-refractivity contribution is 6.99. The molecule has 0 aliphatic carbocycles. The molecule has 1 heterocycles. The summed E-state index contributed by atoms with van der Waals surface area (Å²) in [5.41, 5.74) is -0.884. The lowest BCUT2D eigenvalue weighted by molar-refractivity contribution is 0.108. The Bertz CT molecular complexity index is 698. The molecule has 0 saturated carbocycles. The SMILES string of the molecule is C[C@H](O[Si](c1ccccc1)(c1ccccc1)C(C)(C)C)[C@@H]1OC1(CO)CO. The van der Waals surface area contributed by atoms with Crippen molar-refractivity contribution in [1.29, 1.82) is 0 Å². The van der Waals surface area contributed by atoms with Gasteiger partial charge in [0, 0.05) is 0 Å². The number of ether oxygens (including phenoxy) is 1. The number of hydrogen-bond acceptors (Lipinski definition) is 4. The quantitative estimate of drug-likeness (QED) is 0.565. The molecule has 2 atom stereocenters. The van der Waals surface area contributed by atoms with Crippen LogP contribution in [-0.4, -0.2) is 49.6 Å². The highest BCUT2D eigenvalue weighted by Crippen LogP contribution is 2.43. The van der Waals surface area contributed by atoms with E-state index in [1.807, 2.05) is 19.1 Å². The molecule has 1 fully saturated rings. The van der Waals surface area contributed by atoms with Gasteiger partial charge in [0.2, 0.25) is 0 Å². The molecule has 146 valence electrons. The molecular formula is C22H30O4Si. The zero-order chi connectivity index (χ0) is 19.7. The minimum atomic E-state index is -2.67. The van der Waals surface area contributed by atoms with Crippen LogP contribution >= 0.6 is 0 Å². The molecule has 0 spiro atoms. The van der Waals surface area contributed by atoms with Crippen molar-refractivity contribution in [2.45, 2.75) is 50.5 Å². The van der Waals surface area contributed by atoms with E-state index in [0.717, 1.165) is 0 Å². The molecule has 2 N–H and O–H groups in total. The molecule has 3 rings (SSSR count). The predicted molar refractivity (Wildman–Crippen MR) is 110 cm³/mol. The first kappa shape index (κ1) is 20.2. The second kappa shape index (κ2) is 7.49. The molecule has 1 aliphatic heterocycles. The molecule has 1 aliphatic rings. The summed E-state index contributed by atoms with van der Waals surface area (Å²) < 4.78 is 12.6. The van der Waals surface area contributed by atoms with Crippen molar-refractivity contribution in [3.05, 3.63) is 60.7 Å². The van der Waals surface area contributed by atoms with E-state index in [-0.39, 0.29) is 30.5 Å². The van der Waals surface area contributed by atoms with Crippen molar-refractivity contribution in [1.82, 2.24) is 0 Å². The van der Waals surface area contributed by atoms with Gasteiger partial charge in [-0.05, 0) is 22.3 Å². The molecule has 4 nitrogen and oxygen atoms in total. The van der Waals surface area contributed by atoms with Crippen LogP contribution in [0, 0.1) is 0 Å². The van der Waals surface area contributed by atoms with Crippen molar-refractivity contribution >= 4 is 18.7 Å². The smallest absolute Gasteiger partial charge is 0.261 e. The van der Waals surface area contributed by atoms with E-state index in [1.165, 1.54) is 10.4 Å². The Labute approximate surface area is 162 Å². The van der Waals surface area contributed by atoms with Crippen molar-refractivity contribution < 1.29 is 19.4 Å². The topological polar surface area (TPSA) is 62.2 Å². The van der Waals surface area contributed by atoms with E-state index >= 15 is 0 Å². The maximum absolute atomic E-state index is 9.64. The van der Waals surface area contributed by atoms with E-state index in [2.05, 4.69) is 69.3 Å². The van der Waals surface area contributed by atoms with E-state index < -0.39 is 13.9 Å². The average Bonchev–Trinajstić information content (AvgIpc) is 3.42. The molecule has 0 bridgehead atoms. The van der Waals surface area contributed by atoms with Gasteiger partial charge in [-0.25, -0.2) is 0 Å². The van der Waals surface area contributed by atoms with Gasteiger partial charge in [0.15, 0.2) is 0 Å². The summed E-state index contributed by atoms with van der Waals surface area (Å²) in [6, 6.07) is 20.9. The Kier molecular flexibility index (Phi) is 5.61. The van der Waals surface area contributed by atoms with E-state index in [0.29, 0.717) is 0 Å². The van der Waals surface area contributed by atoms with Crippen LogP contribution in [0.5, 0.6) is 0 Å². The van der Waals surface area contributed by atoms with Crippen LogP contribution in [-0.2, 0) is 9.16 Å². The molecule has 0 amide bonds. The lowest BCUT2D eigenvalue weighted by Crippen LogP contribution is -2.68. The van der Waals surface area contributed by atoms with Gasteiger partial charge in [0.1, 0.15) is 11.7 Å². The van der Waals surface area contributed by atoms with Crippen molar-refractivity contribution in [3.8, 4) is 0 Å². The molecule has 27 heavy (non-hydrogen) atoms. The zero-order valence-electron chi connectivity index (χ0n) is 16.6. The van der Waals surface area contributed by atoms with Crippen LogP contribution in [0.4, 0.5) is 0 Å². The molecule has 0 aromatic heterocycles. The highest BCUT2D eigenvalue weighted by atomic mass is 28.4. The Morgan fingerprint density at radius 3 is 1.74 bits per heavy atom. The molecule has 0 unspecified atom stereocenters. The molecule has 5 heteroatoms. The third-order valence-corrected chi connectivity index (χ3v) is 10.7. The third-order valence-electron chi connectivity index (χ3n) is 5.56. The van der Waals surface area contributed by atoms with Gasteiger partial charge in [-0.15, -0.1) is 0 Å². The monoisotopic (exact) mass is 386 g/mol. The maximum atomic E-state index is 9.64. The Morgan fingerprint density at radius 1 is 0.963 bits per heavy atom. The van der Waals surface area contributed by atoms with Crippen LogP contribution in [0.3, 0.4) is 0 Å². The van der Waals surface area contributed by atoms with Gasteiger partial charge < -0.3 is 19.4 Å². The Balaban J connectivity index is 2.08. The standard InChI is InChI=1S/C22H30O4Si/c1-17(20-22(15-23,16-24)25-20)26-27(21(2,3)4,18-11-7-5-8-12-18)19-13-9-6-10-14-19/h5-14,17,20,23-24H,15-16H2,1-4H3/t17-,20-/m0/s1. The fourth-order valence-electron chi connectivity index (χ4n) is 4.08. The van der Waals surface area contributed by atoms with Gasteiger partial charge >= 0.3 is 0 Å². The molecule has 0 radical (unpaired) electrons. The largest absolute Gasteiger partial charge is 0.402 e. The van der Waals surface area contributed by atoms with E-state index in [4.69, 9.17) is 9.16 Å². The summed E-state index contributed by atoms with van der Waals surface area (Å²) in [4.78, 5) is 0. The van der Waals surface area contributed by atoms with Gasteiger partial charge in [-0.2, -0.15) is 0 Å². The van der Waals surface area contributed by atoms with Crippen LogP contribution in [0.1, 0.15) is 27.7 Å². The first-order valence-corrected chi connectivity index (χ1v) is 11.4. The number of benzene rings is 2. The Hall–Kier alpha value is -1.50. The second-order valence-electron chi connectivity index (χ2n) is 8.41. The number of hydrogen-bond donors (Lipinski definition) is 2. The van der Waals surface area contributed by atoms with Crippen LogP contribution in [0.15, 0.2) is 60.7 Å². The van der Waals surface area contributed by atoms with Gasteiger partial charge in [0.05, 0.1) is 19.3 Å². The summed E-state index contributed by atoms with van der Waals surface area (Å²) in [5.74, 6) is 0. The third kappa shape index (κ3) is 3.50. The lowest BCUT2D eigenvalue weighted by atomic mass is 10.0. The lowest BCUT2D eigenvalue weighted by Gasteiger charge is -2.44. The number of aliphatic hydroxyl groups is 2. The van der Waals surface area contributed by atoms with E-state index in [9.17, 15) is 10.2 Å². The minimum Gasteiger partial charge on any atom is -0.402 e. The first-order valence-electron chi connectivity index (χ1n) is 9.49. The minimum absolute atomic E-state index is 0.125. The van der Waals surface area contributed by atoms with Crippen molar-refractivity contribution in [3.63, 3.8) is 0 Å². The summed E-state index contributed by atoms with van der Waals surface area (Å²) in [7, 11) is -2.67. The van der Waals surface area contributed by atoms with Gasteiger partial charge in [0.25, 0.3) is 8.32 Å². The van der Waals surface area contributed by atoms with Gasteiger partial charge in [-0.3, -0.25) is 0 Å². The predicted octanol–water partition coefficient (Wildman–Crippen LogP) is 2.07. The van der Waals surface area contributed by atoms with Crippen molar-refractivity contribution in [2.24, 2.45) is 0 Å². The summed E-state index contributed by atoms with van der Waals surface area (Å²) in [6.07, 6.45) is -0.565. The maximum Gasteiger partial charge on any atom is 0.261 e. The number of epoxide rings is 1. The zero-order valence-corrected chi connectivity index (χ0v) is 17.6. The van der Waals surface area contributed by atoms with Crippen molar-refractivity contribution in [2.75, 3.05) is 13.2 Å². The molecule has 1 saturated heterocycles. The summed E-state index contributed by atoms with van der Waals surface area (Å²) in [6.45, 7) is 8.25. The van der Waals surface area contributed by atoms with Crippen LogP contribution < -0.4 is 10.4 Å². The fourth-order valence-corrected chi connectivity index (χ4v) is 8.77. The summed E-state index contributed by atoms with van der Waals surface area (Å²) in [5, 5.41) is 21.6. The normalized spacial score (nSPS) is 20.3. The van der Waals surface area contributed by atoms with Crippen LogP contribution in [0.25, 0.3) is 0 Å². The van der Waals surface area contributed by atoms with E-state index in [1.54, 1.807) is 0 Å². The molecular weight excluding hydrogens is 356 g/mol. The summed E-state index contributed by atoms with van der Waals surface area (Å²) >= 11 is 0. The first-order chi connectivity index (χ1) is 12.8. The average molecular weight is 387 g/mol.